The summed E-state index contributed by atoms with van der Waals surface area (Å²) in [6, 6.07) is 19.0. The zero-order chi connectivity index (χ0) is 23.1. The van der Waals surface area contributed by atoms with Gasteiger partial charge in [-0.05, 0) is 53.6 Å². The van der Waals surface area contributed by atoms with Gasteiger partial charge in [0.05, 0.1) is 17.5 Å². The minimum Gasteiger partial charge on any atom is -0.322 e. The number of nitrogens with one attached hydrogen (secondary N) is 2. The number of amides is 2. The normalized spacial score (nSPS) is 10.6. The van der Waals surface area contributed by atoms with Crippen LogP contribution in [-0.2, 0) is 0 Å². The Kier molecular flexibility index (Phi) is 7.41. The maximum atomic E-state index is 12.9. The van der Waals surface area contributed by atoms with Gasteiger partial charge in [0, 0.05) is 30.4 Å². The van der Waals surface area contributed by atoms with Crippen LogP contribution >= 0.6 is 11.6 Å². The second-order valence-electron chi connectivity index (χ2n) is 7.14. The molecule has 0 aliphatic rings. The quantitative estimate of drug-likeness (QED) is 0.378. The molecule has 162 valence electrons. The summed E-state index contributed by atoms with van der Waals surface area (Å²) in [6.45, 7) is 3.71. The van der Waals surface area contributed by atoms with Gasteiger partial charge in [-0.2, -0.15) is 5.10 Å². The van der Waals surface area contributed by atoms with E-state index in [1.54, 1.807) is 65.8 Å². The number of hydrazone groups is 1. The van der Waals surface area contributed by atoms with Crippen LogP contribution in [0.4, 0.5) is 11.4 Å². The molecule has 32 heavy (non-hydrogen) atoms. The molecule has 0 atom stereocenters. The van der Waals surface area contributed by atoms with Crippen molar-refractivity contribution in [2.45, 2.75) is 0 Å². The van der Waals surface area contributed by atoms with E-state index in [9.17, 15) is 9.59 Å². The average molecular weight is 447 g/mol. The van der Waals surface area contributed by atoms with E-state index in [1.807, 2.05) is 26.2 Å². The molecule has 7 heteroatoms. The molecule has 0 saturated carbocycles. The molecule has 0 saturated heterocycles. The molecular weight excluding hydrogens is 424 g/mol. The third-order valence-corrected chi connectivity index (χ3v) is 4.72. The van der Waals surface area contributed by atoms with Gasteiger partial charge >= 0.3 is 0 Å². The van der Waals surface area contributed by atoms with Crippen molar-refractivity contribution in [1.82, 2.24) is 5.01 Å². The van der Waals surface area contributed by atoms with E-state index in [4.69, 9.17) is 11.6 Å². The Bertz CT molecular complexity index is 1150. The largest absolute Gasteiger partial charge is 0.322 e. The minimum atomic E-state index is -0.385. The standard InChI is InChI=1S/C25H23ClN4O2/c1-4-17-7-12-21(13-8-17)28-25(32)22-15-20(26)11-14-23(22)29-24(31)19-9-5-18(6-10-19)16-27-30(2)3/h4-16H,1H2,2-3H3,(H,28,32)(H,29,31). The Morgan fingerprint density at radius 2 is 1.56 bits per heavy atom. The van der Waals surface area contributed by atoms with Crippen LogP contribution in [0, 0.1) is 0 Å². The lowest BCUT2D eigenvalue weighted by Crippen LogP contribution is -2.18. The Balaban J connectivity index is 1.77. The van der Waals surface area contributed by atoms with Crippen LogP contribution in [0.5, 0.6) is 0 Å². The number of carbonyl (C=O) groups is 2. The highest BCUT2D eigenvalue weighted by atomic mass is 35.5. The Morgan fingerprint density at radius 1 is 0.906 bits per heavy atom. The summed E-state index contributed by atoms with van der Waals surface area (Å²) < 4.78 is 0. The smallest absolute Gasteiger partial charge is 0.257 e. The molecule has 0 spiro atoms. The fourth-order valence-electron chi connectivity index (χ4n) is 2.81. The molecule has 0 aliphatic carbocycles. The zero-order valence-corrected chi connectivity index (χ0v) is 18.6. The number of hydrogen-bond acceptors (Lipinski definition) is 4. The highest BCUT2D eigenvalue weighted by Gasteiger charge is 2.15. The fraction of sp³-hybridized carbons (Fsp3) is 0.0800. The van der Waals surface area contributed by atoms with Crippen LogP contribution in [-0.4, -0.2) is 37.1 Å². The molecule has 0 aromatic heterocycles. The number of hydrogen-bond donors (Lipinski definition) is 2. The van der Waals surface area contributed by atoms with Crippen molar-refractivity contribution in [1.29, 1.82) is 0 Å². The van der Waals surface area contributed by atoms with Crippen molar-refractivity contribution in [3.63, 3.8) is 0 Å². The molecule has 2 amide bonds. The number of benzene rings is 3. The molecular formula is C25H23ClN4O2. The molecule has 0 radical (unpaired) electrons. The van der Waals surface area contributed by atoms with Crippen LogP contribution in [0.3, 0.4) is 0 Å². The van der Waals surface area contributed by atoms with Crippen molar-refractivity contribution >= 4 is 47.1 Å². The van der Waals surface area contributed by atoms with E-state index in [0.717, 1.165) is 11.1 Å². The molecule has 0 unspecified atom stereocenters. The first-order chi connectivity index (χ1) is 15.4. The number of nitrogens with zero attached hydrogens (tertiary/aromatic N) is 2. The summed E-state index contributed by atoms with van der Waals surface area (Å²) in [5, 5.41) is 11.9. The summed E-state index contributed by atoms with van der Waals surface area (Å²) >= 11 is 6.11. The summed E-state index contributed by atoms with van der Waals surface area (Å²) in [6.07, 6.45) is 3.42. The zero-order valence-electron chi connectivity index (χ0n) is 17.8. The molecule has 0 heterocycles. The molecule has 0 bridgehead atoms. The van der Waals surface area contributed by atoms with Crippen molar-refractivity contribution in [3.8, 4) is 0 Å². The molecule has 3 rings (SSSR count). The molecule has 3 aromatic carbocycles. The minimum absolute atomic E-state index is 0.258. The van der Waals surface area contributed by atoms with Crippen molar-refractivity contribution < 1.29 is 9.59 Å². The van der Waals surface area contributed by atoms with E-state index in [0.29, 0.717) is 22.0 Å². The van der Waals surface area contributed by atoms with E-state index in [1.165, 1.54) is 6.07 Å². The SMILES string of the molecule is C=Cc1ccc(NC(=O)c2cc(Cl)ccc2NC(=O)c2ccc(C=NN(C)C)cc2)cc1. The van der Waals surface area contributed by atoms with Gasteiger partial charge in [0.25, 0.3) is 11.8 Å². The van der Waals surface area contributed by atoms with Crippen LogP contribution < -0.4 is 10.6 Å². The lowest BCUT2D eigenvalue weighted by atomic mass is 10.1. The number of halogens is 1. The van der Waals surface area contributed by atoms with Gasteiger partial charge in [0.2, 0.25) is 0 Å². The number of carbonyl (C=O) groups excluding carboxylic acids is 2. The van der Waals surface area contributed by atoms with E-state index in [-0.39, 0.29) is 17.4 Å². The average Bonchev–Trinajstić information content (AvgIpc) is 2.79. The topological polar surface area (TPSA) is 73.8 Å². The maximum absolute atomic E-state index is 12.9. The van der Waals surface area contributed by atoms with Gasteiger partial charge in [-0.3, -0.25) is 9.59 Å². The third kappa shape index (κ3) is 6.06. The summed E-state index contributed by atoms with van der Waals surface area (Å²) in [7, 11) is 3.66. The highest BCUT2D eigenvalue weighted by Crippen LogP contribution is 2.23. The second kappa shape index (κ2) is 10.4. The number of anilines is 2. The summed E-state index contributed by atoms with van der Waals surface area (Å²) in [5.74, 6) is -0.725. The summed E-state index contributed by atoms with van der Waals surface area (Å²) in [4.78, 5) is 25.6. The van der Waals surface area contributed by atoms with E-state index in [2.05, 4.69) is 22.3 Å². The van der Waals surface area contributed by atoms with Crippen LogP contribution in [0.1, 0.15) is 31.8 Å². The van der Waals surface area contributed by atoms with Gasteiger partial charge in [-0.25, -0.2) is 0 Å². The Hall–Kier alpha value is -3.90. The number of rotatable bonds is 7. The molecule has 2 N–H and O–H groups in total. The molecule has 3 aromatic rings. The predicted octanol–water partition coefficient (Wildman–Crippen LogP) is 5.38. The fourth-order valence-corrected chi connectivity index (χ4v) is 2.98. The van der Waals surface area contributed by atoms with Crippen LogP contribution in [0.25, 0.3) is 6.08 Å². The monoisotopic (exact) mass is 446 g/mol. The molecule has 6 nitrogen and oxygen atoms in total. The Morgan fingerprint density at radius 3 is 2.19 bits per heavy atom. The van der Waals surface area contributed by atoms with E-state index >= 15 is 0 Å². The van der Waals surface area contributed by atoms with Gasteiger partial charge in [0.15, 0.2) is 0 Å². The third-order valence-electron chi connectivity index (χ3n) is 4.49. The van der Waals surface area contributed by atoms with Gasteiger partial charge in [-0.15, -0.1) is 0 Å². The lowest BCUT2D eigenvalue weighted by Gasteiger charge is -2.12. The predicted molar refractivity (Wildman–Crippen MR) is 132 cm³/mol. The highest BCUT2D eigenvalue weighted by molar-refractivity contribution is 6.31. The first kappa shape index (κ1) is 22.8. The van der Waals surface area contributed by atoms with Gasteiger partial charge in [-0.1, -0.05) is 48.5 Å². The van der Waals surface area contributed by atoms with Crippen molar-refractivity contribution in [2.24, 2.45) is 5.10 Å². The van der Waals surface area contributed by atoms with Crippen LogP contribution in [0.2, 0.25) is 5.02 Å². The van der Waals surface area contributed by atoms with E-state index < -0.39 is 0 Å². The summed E-state index contributed by atoms with van der Waals surface area (Å²) in [5.41, 5.74) is 3.49. The van der Waals surface area contributed by atoms with Crippen molar-refractivity contribution in [3.05, 3.63) is 101 Å². The first-order valence-electron chi connectivity index (χ1n) is 9.82. The second-order valence-corrected chi connectivity index (χ2v) is 7.57. The maximum Gasteiger partial charge on any atom is 0.257 e. The van der Waals surface area contributed by atoms with Crippen molar-refractivity contribution in [2.75, 3.05) is 24.7 Å². The van der Waals surface area contributed by atoms with Gasteiger partial charge in [0.1, 0.15) is 0 Å². The van der Waals surface area contributed by atoms with Crippen LogP contribution in [0.15, 0.2) is 78.4 Å². The Labute approximate surface area is 192 Å². The molecule has 0 aliphatic heterocycles. The lowest BCUT2D eigenvalue weighted by molar-refractivity contribution is 0.102. The first-order valence-corrected chi connectivity index (χ1v) is 10.2. The molecule has 0 fully saturated rings. The van der Waals surface area contributed by atoms with Gasteiger partial charge < -0.3 is 15.6 Å².